The standard InChI is InChI=1S/C19H35N5O2/c1-6-20-18(21-12-16(25)22-10-8-7-9-11-22)23-13-17(26)24(15(2)3)19(4,5)14-23/h15H,6-14H2,1-5H3,(H,20,21). The lowest BCUT2D eigenvalue weighted by Crippen LogP contribution is -2.66. The van der Waals surface area contributed by atoms with Crippen molar-refractivity contribution < 1.29 is 9.59 Å². The van der Waals surface area contributed by atoms with Crippen molar-refractivity contribution in [2.45, 2.75) is 65.5 Å². The Bertz CT molecular complexity index is 538. The van der Waals surface area contributed by atoms with Crippen molar-refractivity contribution in [3.8, 4) is 0 Å². The van der Waals surface area contributed by atoms with Crippen LogP contribution in [0.25, 0.3) is 0 Å². The summed E-state index contributed by atoms with van der Waals surface area (Å²) in [5, 5.41) is 3.25. The van der Waals surface area contributed by atoms with Gasteiger partial charge in [-0.1, -0.05) is 0 Å². The maximum atomic E-state index is 12.7. The number of piperidine rings is 1. The Morgan fingerprint density at radius 1 is 1.19 bits per heavy atom. The van der Waals surface area contributed by atoms with Gasteiger partial charge in [0.05, 0.1) is 12.1 Å². The van der Waals surface area contributed by atoms with Gasteiger partial charge in [0, 0.05) is 32.2 Å². The third kappa shape index (κ3) is 4.89. The molecule has 2 fully saturated rings. The number of nitrogens with zero attached hydrogens (tertiary/aromatic N) is 4. The van der Waals surface area contributed by atoms with Crippen LogP contribution in [0, 0.1) is 0 Å². The number of nitrogens with one attached hydrogen (secondary N) is 1. The lowest BCUT2D eigenvalue weighted by atomic mass is 9.96. The number of aliphatic imine (C=N–C) groups is 1. The molecule has 7 nitrogen and oxygen atoms in total. The largest absolute Gasteiger partial charge is 0.356 e. The molecular weight excluding hydrogens is 330 g/mol. The highest BCUT2D eigenvalue weighted by Gasteiger charge is 2.40. The van der Waals surface area contributed by atoms with Gasteiger partial charge in [-0.3, -0.25) is 9.59 Å². The van der Waals surface area contributed by atoms with Crippen molar-refractivity contribution in [2.24, 2.45) is 4.99 Å². The molecule has 0 aromatic carbocycles. The summed E-state index contributed by atoms with van der Waals surface area (Å²) in [6.45, 7) is 13.8. The number of hydrogen-bond donors (Lipinski definition) is 1. The number of guanidine groups is 1. The number of hydrogen-bond acceptors (Lipinski definition) is 3. The van der Waals surface area contributed by atoms with Crippen LogP contribution in [-0.4, -0.2) is 83.3 Å². The Balaban J connectivity index is 2.08. The van der Waals surface area contributed by atoms with Gasteiger partial charge in [0.1, 0.15) is 6.54 Å². The maximum absolute atomic E-state index is 12.7. The van der Waals surface area contributed by atoms with Gasteiger partial charge in [-0.2, -0.15) is 0 Å². The Labute approximate surface area is 157 Å². The first-order valence-corrected chi connectivity index (χ1v) is 9.89. The SMILES string of the molecule is CCNC(=NCC(=O)N1CCCCC1)N1CC(=O)N(C(C)C)C(C)(C)C1. The lowest BCUT2D eigenvalue weighted by Gasteiger charge is -2.49. The molecule has 2 heterocycles. The van der Waals surface area contributed by atoms with Crippen LogP contribution in [0.15, 0.2) is 4.99 Å². The van der Waals surface area contributed by atoms with Crippen molar-refractivity contribution in [3.05, 3.63) is 0 Å². The monoisotopic (exact) mass is 365 g/mol. The molecule has 0 bridgehead atoms. The van der Waals surface area contributed by atoms with E-state index in [0.29, 0.717) is 25.6 Å². The highest BCUT2D eigenvalue weighted by atomic mass is 16.2. The van der Waals surface area contributed by atoms with E-state index in [-0.39, 0.29) is 29.9 Å². The topological polar surface area (TPSA) is 68.2 Å². The summed E-state index contributed by atoms with van der Waals surface area (Å²) in [7, 11) is 0. The molecule has 0 saturated carbocycles. The second-order valence-electron chi connectivity index (χ2n) is 8.14. The fraction of sp³-hybridized carbons (Fsp3) is 0.842. The summed E-state index contributed by atoms with van der Waals surface area (Å²) >= 11 is 0. The van der Waals surface area contributed by atoms with Crippen molar-refractivity contribution in [1.29, 1.82) is 0 Å². The minimum atomic E-state index is -0.281. The minimum absolute atomic E-state index is 0.0755. The third-order valence-corrected chi connectivity index (χ3v) is 5.05. The number of piperazine rings is 1. The Kier molecular flexibility index (Phi) is 6.89. The quantitative estimate of drug-likeness (QED) is 0.602. The molecule has 1 N–H and O–H groups in total. The number of likely N-dealkylation sites (tertiary alicyclic amines) is 1. The molecule has 0 spiro atoms. The lowest BCUT2D eigenvalue weighted by molar-refractivity contribution is -0.145. The molecule has 148 valence electrons. The first-order valence-electron chi connectivity index (χ1n) is 9.89. The summed E-state index contributed by atoms with van der Waals surface area (Å²) in [5.41, 5.74) is -0.281. The van der Waals surface area contributed by atoms with Gasteiger partial charge in [0.2, 0.25) is 11.8 Å². The van der Waals surface area contributed by atoms with Crippen molar-refractivity contribution in [3.63, 3.8) is 0 Å². The van der Waals surface area contributed by atoms with E-state index in [1.165, 1.54) is 6.42 Å². The maximum Gasteiger partial charge on any atom is 0.244 e. The number of carbonyl (C=O) groups excluding carboxylic acids is 2. The molecule has 0 radical (unpaired) electrons. The van der Waals surface area contributed by atoms with Crippen LogP contribution in [0.3, 0.4) is 0 Å². The summed E-state index contributed by atoms with van der Waals surface area (Å²) in [5.74, 6) is 0.832. The molecule has 0 aromatic heterocycles. The first kappa shape index (κ1) is 20.5. The highest BCUT2D eigenvalue weighted by Crippen LogP contribution is 2.24. The van der Waals surface area contributed by atoms with Crippen LogP contribution < -0.4 is 5.32 Å². The van der Waals surface area contributed by atoms with E-state index in [9.17, 15) is 9.59 Å². The Hall–Kier alpha value is -1.79. The van der Waals surface area contributed by atoms with Gasteiger partial charge in [-0.05, 0) is 53.9 Å². The van der Waals surface area contributed by atoms with Crippen LogP contribution in [0.4, 0.5) is 0 Å². The van der Waals surface area contributed by atoms with E-state index in [1.807, 2.05) is 35.5 Å². The molecule has 2 rings (SSSR count). The zero-order valence-corrected chi connectivity index (χ0v) is 17.0. The van der Waals surface area contributed by atoms with Crippen molar-refractivity contribution in [1.82, 2.24) is 20.0 Å². The van der Waals surface area contributed by atoms with Gasteiger partial charge >= 0.3 is 0 Å². The first-order chi connectivity index (χ1) is 12.3. The molecule has 0 aromatic rings. The van der Waals surface area contributed by atoms with Crippen LogP contribution in [0.2, 0.25) is 0 Å². The average molecular weight is 366 g/mol. The smallest absolute Gasteiger partial charge is 0.244 e. The van der Waals surface area contributed by atoms with E-state index in [1.54, 1.807) is 0 Å². The zero-order valence-electron chi connectivity index (χ0n) is 17.0. The number of amides is 2. The summed E-state index contributed by atoms with van der Waals surface area (Å²) in [6.07, 6.45) is 3.36. The van der Waals surface area contributed by atoms with Crippen molar-refractivity contribution >= 4 is 17.8 Å². The molecule has 7 heteroatoms. The molecule has 0 unspecified atom stereocenters. The predicted molar refractivity (Wildman–Crippen MR) is 104 cm³/mol. The normalized spacial score (nSPS) is 21.4. The van der Waals surface area contributed by atoms with E-state index in [4.69, 9.17) is 0 Å². The minimum Gasteiger partial charge on any atom is -0.356 e. The van der Waals surface area contributed by atoms with Gasteiger partial charge in [0.25, 0.3) is 0 Å². The summed E-state index contributed by atoms with van der Waals surface area (Å²) in [4.78, 5) is 35.5. The van der Waals surface area contributed by atoms with Gasteiger partial charge in [-0.15, -0.1) is 0 Å². The van der Waals surface area contributed by atoms with Gasteiger partial charge < -0.3 is 20.0 Å². The van der Waals surface area contributed by atoms with Crippen LogP contribution in [-0.2, 0) is 9.59 Å². The summed E-state index contributed by atoms with van der Waals surface area (Å²) in [6, 6.07) is 0.167. The molecule has 2 aliphatic heterocycles. The molecule has 2 aliphatic rings. The van der Waals surface area contributed by atoms with Crippen LogP contribution in [0.1, 0.15) is 53.9 Å². The van der Waals surface area contributed by atoms with Crippen LogP contribution in [0.5, 0.6) is 0 Å². The molecule has 0 aliphatic carbocycles. The fourth-order valence-corrected chi connectivity index (χ4v) is 4.12. The van der Waals surface area contributed by atoms with E-state index in [2.05, 4.69) is 24.2 Å². The van der Waals surface area contributed by atoms with E-state index < -0.39 is 0 Å². The average Bonchev–Trinajstić information content (AvgIpc) is 2.57. The molecule has 26 heavy (non-hydrogen) atoms. The second-order valence-corrected chi connectivity index (χ2v) is 8.14. The molecule has 0 atom stereocenters. The Morgan fingerprint density at radius 2 is 1.85 bits per heavy atom. The molecule has 2 amide bonds. The van der Waals surface area contributed by atoms with Crippen molar-refractivity contribution in [2.75, 3.05) is 39.3 Å². The highest BCUT2D eigenvalue weighted by molar-refractivity contribution is 5.90. The van der Waals surface area contributed by atoms with Gasteiger partial charge in [0.15, 0.2) is 5.96 Å². The van der Waals surface area contributed by atoms with E-state index >= 15 is 0 Å². The summed E-state index contributed by atoms with van der Waals surface area (Å²) < 4.78 is 0. The zero-order chi connectivity index (χ0) is 19.3. The fourth-order valence-electron chi connectivity index (χ4n) is 4.12. The molecular formula is C19H35N5O2. The number of rotatable bonds is 4. The Morgan fingerprint density at radius 3 is 2.38 bits per heavy atom. The molecule has 2 saturated heterocycles. The second kappa shape index (κ2) is 8.73. The predicted octanol–water partition coefficient (Wildman–Crippen LogP) is 1.30. The van der Waals surface area contributed by atoms with Crippen LogP contribution >= 0.6 is 0 Å². The number of carbonyl (C=O) groups is 2. The van der Waals surface area contributed by atoms with Gasteiger partial charge in [-0.25, -0.2) is 4.99 Å². The van der Waals surface area contributed by atoms with E-state index in [0.717, 1.165) is 25.9 Å². The third-order valence-electron chi connectivity index (χ3n) is 5.05.